The van der Waals surface area contributed by atoms with Crippen LogP contribution >= 0.6 is 0 Å². The van der Waals surface area contributed by atoms with Crippen LogP contribution in [0.1, 0.15) is 101 Å². The van der Waals surface area contributed by atoms with Crippen molar-refractivity contribution >= 4 is 16.8 Å². The fourth-order valence-electron chi connectivity index (χ4n) is 8.05. The lowest BCUT2D eigenvalue weighted by Gasteiger charge is -2.54. The molecule has 4 aliphatic rings. The highest BCUT2D eigenvalue weighted by atomic mass is 16.1. The van der Waals surface area contributed by atoms with Gasteiger partial charge >= 0.3 is 0 Å². The van der Waals surface area contributed by atoms with Gasteiger partial charge in [-0.25, -0.2) is 4.98 Å². The van der Waals surface area contributed by atoms with E-state index in [1.54, 1.807) is 0 Å². The zero-order valence-electron chi connectivity index (χ0n) is 19.9. The Bertz CT molecular complexity index is 1080. The minimum atomic E-state index is -0.234. The summed E-state index contributed by atoms with van der Waals surface area (Å²) in [5, 5.41) is 0. The first kappa shape index (κ1) is 21.5. The predicted octanol–water partition coefficient (Wildman–Crippen LogP) is 5.52. The number of para-hydroxylation sites is 2. The molecular weight excluding hydrogens is 410 g/mol. The molecule has 0 amide bonds. The third-order valence-electron chi connectivity index (χ3n) is 9.27. The average molecular weight is 448 g/mol. The van der Waals surface area contributed by atoms with Gasteiger partial charge < -0.3 is 4.57 Å². The van der Waals surface area contributed by atoms with Crippen LogP contribution in [0.4, 0.5) is 0 Å². The van der Waals surface area contributed by atoms with Crippen molar-refractivity contribution in [1.82, 2.24) is 14.5 Å². The van der Waals surface area contributed by atoms with Gasteiger partial charge in [0.1, 0.15) is 0 Å². The van der Waals surface area contributed by atoms with E-state index < -0.39 is 0 Å². The smallest absolute Gasteiger partial charge is 0.280 e. The standard InChI is InChI=1S/C28H37N3O2/c1-18(32)27-28(33)31(26-12-5-4-11-25(26)29-27)24-16-21-9-6-10-22(17-24)30(21)23-14-19-7-2-3-8-20(13-19)15-23/h4-5,11-12,19-24H,2-3,6-10,13-17H2,1H3/t19-,20-,21-,22-/m1/s1. The molecule has 176 valence electrons. The van der Waals surface area contributed by atoms with Crippen LogP contribution in [0.2, 0.25) is 0 Å². The Balaban J connectivity index is 1.34. The normalized spacial score (nSPS) is 34.7. The van der Waals surface area contributed by atoms with Crippen molar-refractivity contribution in [1.29, 1.82) is 0 Å². The Labute approximate surface area is 196 Å². The number of aromatic nitrogens is 2. The second kappa shape index (κ2) is 8.65. The quantitative estimate of drug-likeness (QED) is 0.582. The minimum absolute atomic E-state index is 0.0950. The van der Waals surface area contributed by atoms with E-state index in [0.29, 0.717) is 12.1 Å². The molecule has 5 nitrogen and oxygen atoms in total. The maximum absolute atomic E-state index is 13.5. The first-order valence-corrected chi connectivity index (χ1v) is 13.4. The average Bonchev–Trinajstić information content (AvgIpc) is 2.97. The van der Waals surface area contributed by atoms with Crippen LogP contribution in [0, 0.1) is 11.8 Å². The van der Waals surface area contributed by atoms with Crippen LogP contribution in [0.25, 0.3) is 11.0 Å². The summed E-state index contributed by atoms with van der Waals surface area (Å²) in [6.07, 6.45) is 15.8. The van der Waals surface area contributed by atoms with Crippen LogP contribution < -0.4 is 5.56 Å². The molecule has 4 fully saturated rings. The van der Waals surface area contributed by atoms with Gasteiger partial charge in [-0.15, -0.1) is 0 Å². The number of hydrogen-bond acceptors (Lipinski definition) is 4. The van der Waals surface area contributed by atoms with Crippen LogP contribution in [-0.2, 0) is 0 Å². The van der Waals surface area contributed by atoms with Crippen LogP contribution in [-0.4, -0.2) is 38.4 Å². The second-order valence-corrected chi connectivity index (χ2v) is 11.4. The molecule has 2 saturated carbocycles. The number of rotatable bonds is 3. The van der Waals surface area contributed by atoms with E-state index in [2.05, 4.69) is 9.88 Å². The topological polar surface area (TPSA) is 55.2 Å². The van der Waals surface area contributed by atoms with Gasteiger partial charge in [0, 0.05) is 31.1 Å². The molecular formula is C28H37N3O2. The molecule has 6 rings (SSSR count). The first-order valence-electron chi connectivity index (χ1n) is 13.4. The summed E-state index contributed by atoms with van der Waals surface area (Å²) >= 11 is 0. The zero-order valence-corrected chi connectivity index (χ0v) is 19.9. The van der Waals surface area contributed by atoms with Gasteiger partial charge in [0.2, 0.25) is 0 Å². The highest BCUT2D eigenvalue weighted by molar-refractivity contribution is 5.93. The molecule has 33 heavy (non-hydrogen) atoms. The molecule has 2 aliphatic carbocycles. The van der Waals surface area contributed by atoms with E-state index >= 15 is 0 Å². The number of nitrogens with zero attached hydrogens (tertiary/aromatic N) is 3. The molecule has 0 radical (unpaired) electrons. The Kier molecular flexibility index (Phi) is 5.64. The van der Waals surface area contributed by atoms with Crippen molar-refractivity contribution in [2.75, 3.05) is 0 Å². The van der Waals surface area contributed by atoms with Gasteiger partial charge in [-0.05, 0) is 68.9 Å². The van der Waals surface area contributed by atoms with Crippen LogP contribution in [0.15, 0.2) is 29.1 Å². The summed E-state index contributed by atoms with van der Waals surface area (Å²) in [6.45, 7) is 1.46. The molecule has 3 heterocycles. The van der Waals surface area contributed by atoms with Crippen molar-refractivity contribution in [2.45, 2.75) is 108 Å². The van der Waals surface area contributed by atoms with Gasteiger partial charge in [0.05, 0.1) is 11.0 Å². The van der Waals surface area contributed by atoms with Crippen LogP contribution in [0.3, 0.4) is 0 Å². The second-order valence-electron chi connectivity index (χ2n) is 11.4. The van der Waals surface area contributed by atoms with Crippen molar-refractivity contribution in [3.05, 3.63) is 40.3 Å². The fraction of sp³-hybridized carbons (Fsp3) is 0.679. The van der Waals surface area contributed by atoms with Gasteiger partial charge in [-0.1, -0.05) is 44.2 Å². The lowest BCUT2D eigenvalue weighted by Crippen LogP contribution is -2.58. The lowest BCUT2D eigenvalue weighted by atomic mass is 9.73. The Morgan fingerprint density at radius 1 is 0.818 bits per heavy atom. The SMILES string of the molecule is CC(=O)c1nc2ccccc2n(C2C[C@H]3CCC[C@H](C2)N3C2C[C@@H]3CCCC[C@@H](C2)C3)c1=O. The van der Waals surface area contributed by atoms with Crippen molar-refractivity contribution in [3.63, 3.8) is 0 Å². The third kappa shape index (κ3) is 3.86. The van der Waals surface area contributed by atoms with E-state index in [0.717, 1.165) is 41.8 Å². The maximum atomic E-state index is 13.5. The monoisotopic (exact) mass is 447 g/mol. The largest absolute Gasteiger partial charge is 0.302 e. The molecule has 2 saturated heterocycles. The summed E-state index contributed by atoms with van der Waals surface area (Å²) < 4.78 is 1.95. The fourth-order valence-corrected chi connectivity index (χ4v) is 8.05. The van der Waals surface area contributed by atoms with Gasteiger partial charge in [-0.3, -0.25) is 14.5 Å². The molecule has 2 aliphatic heterocycles. The number of carbonyl (C=O) groups excluding carboxylic acids is 1. The maximum Gasteiger partial charge on any atom is 0.280 e. The van der Waals surface area contributed by atoms with Crippen molar-refractivity contribution < 1.29 is 4.79 Å². The number of hydrogen-bond donors (Lipinski definition) is 0. The summed E-state index contributed by atoms with van der Waals surface area (Å²) in [5.74, 6) is 1.63. The van der Waals surface area contributed by atoms with E-state index in [1.165, 1.54) is 71.1 Å². The summed E-state index contributed by atoms with van der Waals surface area (Å²) in [7, 11) is 0. The molecule has 2 aromatic rings. The Hall–Kier alpha value is -2.01. The molecule has 0 unspecified atom stereocenters. The number of Topliss-reactive ketones (excluding diaryl/α,β-unsaturated/α-hetero) is 1. The van der Waals surface area contributed by atoms with Crippen LogP contribution in [0.5, 0.6) is 0 Å². The lowest BCUT2D eigenvalue weighted by molar-refractivity contribution is -0.0420. The van der Waals surface area contributed by atoms with E-state index in [4.69, 9.17) is 0 Å². The van der Waals surface area contributed by atoms with E-state index in [9.17, 15) is 9.59 Å². The minimum Gasteiger partial charge on any atom is -0.302 e. The summed E-state index contributed by atoms with van der Waals surface area (Å²) in [6, 6.07) is 9.86. The predicted molar refractivity (Wildman–Crippen MR) is 131 cm³/mol. The van der Waals surface area contributed by atoms with E-state index in [1.807, 2.05) is 28.8 Å². The number of ketones is 1. The molecule has 1 aromatic carbocycles. The molecule has 0 N–H and O–H groups in total. The zero-order chi connectivity index (χ0) is 22.5. The summed E-state index contributed by atoms with van der Waals surface area (Å²) in [5.41, 5.74) is 1.54. The van der Waals surface area contributed by atoms with E-state index in [-0.39, 0.29) is 23.1 Å². The summed E-state index contributed by atoms with van der Waals surface area (Å²) in [4.78, 5) is 33.1. The van der Waals surface area contributed by atoms with Gasteiger partial charge in [0.15, 0.2) is 11.5 Å². The highest BCUT2D eigenvalue weighted by Gasteiger charge is 2.45. The highest BCUT2D eigenvalue weighted by Crippen LogP contribution is 2.46. The molecule has 1 aromatic heterocycles. The number of piperidine rings is 2. The molecule has 4 bridgehead atoms. The molecule has 5 heteroatoms. The Morgan fingerprint density at radius 3 is 2.15 bits per heavy atom. The van der Waals surface area contributed by atoms with Gasteiger partial charge in [0.25, 0.3) is 5.56 Å². The number of benzene rings is 1. The number of fused-ring (bicyclic) bond motifs is 5. The first-order chi connectivity index (χ1) is 16.1. The van der Waals surface area contributed by atoms with Gasteiger partial charge in [-0.2, -0.15) is 0 Å². The van der Waals surface area contributed by atoms with Crippen molar-refractivity contribution in [2.24, 2.45) is 11.8 Å². The third-order valence-corrected chi connectivity index (χ3v) is 9.27. The van der Waals surface area contributed by atoms with Crippen molar-refractivity contribution in [3.8, 4) is 0 Å². The Morgan fingerprint density at radius 2 is 1.48 bits per heavy atom. The molecule has 4 atom stereocenters. The number of carbonyl (C=O) groups is 1. The molecule has 0 spiro atoms.